The number of rotatable bonds is 8. The third-order valence-corrected chi connectivity index (χ3v) is 8.91. The third kappa shape index (κ3) is 7.45. The summed E-state index contributed by atoms with van der Waals surface area (Å²) in [5, 5.41) is 21.1. The number of pyridine rings is 2. The van der Waals surface area contributed by atoms with Gasteiger partial charge in [-0.15, -0.1) is 0 Å². The van der Waals surface area contributed by atoms with Crippen molar-refractivity contribution in [2.75, 3.05) is 42.6 Å². The number of nitro benzene ring substituents is 1. The number of likely N-dealkylation sites (tertiary alicyclic amines) is 1. The van der Waals surface area contributed by atoms with E-state index >= 15 is 0 Å². The molecule has 15 nitrogen and oxygen atoms in total. The molecule has 2 aliphatic heterocycles. The Morgan fingerprint density at radius 3 is 2.46 bits per heavy atom. The molecule has 2 fully saturated rings. The van der Waals surface area contributed by atoms with Gasteiger partial charge in [-0.3, -0.25) is 34.3 Å². The summed E-state index contributed by atoms with van der Waals surface area (Å²) < 4.78 is 7.36. The van der Waals surface area contributed by atoms with E-state index in [1.165, 1.54) is 47.2 Å². The van der Waals surface area contributed by atoms with Gasteiger partial charge in [-0.1, -0.05) is 27.5 Å². The first-order chi connectivity index (χ1) is 22.7. The second-order valence-corrected chi connectivity index (χ2v) is 13.1. The van der Waals surface area contributed by atoms with Crippen molar-refractivity contribution in [2.24, 2.45) is 7.05 Å². The summed E-state index contributed by atoms with van der Waals surface area (Å²) in [6.45, 7) is 4.23. The number of carbonyl (C=O) groups is 3. The van der Waals surface area contributed by atoms with E-state index in [9.17, 15) is 29.3 Å². The van der Waals surface area contributed by atoms with Crippen molar-refractivity contribution >= 4 is 68.0 Å². The van der Waals surface area contributed by atoms with Crippen molar-refractivity contribution in [2.45, 2.75) is 44.6 Å². The molecule has 5 rings (SSSR count). The van der Waals surface area contributed by atoms with Crippen molar-refractivity contribution in [3.63, 3.8) is 0 Å². The average molecular weight is 746 g/mol. The Hall–Kier alpha value is -4.54. The van der Waals surface area contributed by atoms with E-state index in [0.29, 0.717) is 23.2 Å². The highest BCUT2D eigenvalue weighted by Crippen LogP contribution is 2.36. The molecule has 0 spiro atoms. The van der Waals surface area contributed by atoms with Crippen molar-refractivity contribution < 1.29 is 24.0 Å². The summed E-state index contributed by atoms with van der Waals surface area (Å²) in [6.07, 6.45) is 3.84. The van der Waals surface area contributed by atoms with Gasteiger partial charge >= 0.3 is 0 Å². The Bertz CT molecular complexity index is 1830. The van der Waals surface area contributed by atoms with Crippen LogP contribution in [-0.2, 0) is 16.6 Å². The Kier molecular flexibility index (Phi) is 10.4. The lowest BCUT2D eigenvalue weighted by Gasteiger charge is -2.35. The molecule has 2 aromatic heterocycles. The smallest absolute Gasteiger partial charge is 0.294 e. The topological polar surface area (TPSA) is 181 Å². The van der Waals surface area contributed by atoms with Crippen LogP contribution in [0.5, 0.6) is 0 Å². The lowest BCUT2D eigenvalue weighted by molar-refractivity contribution is -0.384. The Labute approximate surface area is 288 Å². The van der Waals surface area contributed by atoms with Gasteiger partial charge in [-0.2, -0.15) is 0 Å². The summed E-state index contributed by atoms with van der Waals surface area (Å²) in [7, 11) is 3.18. The molecule has 0 saturated carbocycles. The first kappa shape index (κ1) is 34.8. The van der Waals surface area contributed by atoms with Gasteiger partial charge in [0.25, 0.3) is 23.1 Å². The third-order valence-electron chi connectivity index (χ3n) is 8.14. The van der Waals surface area contributed by atoms with E-state index in [4.69, 9.17) is 16.3 Å². The van der Waals surface area contributed by atoms with Gasteiger partial charge < -0.3 is 35.1 Å². The minimum absolute atomic E-state index is 0.0170. The van der Waals surface area contributed by atoms with E-state index in [1.54, 1.807) is 18.0 Å². The number of anilines is 3. The van der Waals surface area contributed by atoms with Gasteiger partial charge in [-0.05, 0) is 32.4 Å². The normalized spacial score (nSPS) is 20.7. The molecule has 0 radical (unpaired) electrons. The first-order valence-corrected chi connectivity index (χ1v) is 16.2. The number of hydrogen-bond donors (Lipinski definition) is 3. The second kappa shape index (κ2) is 14.3. The highest BCUT2D eigenvalue weighted by atomic mass is 79.9. The van der Waals surface area contributed by atoms with Gasteiger partial charge in [0.2, 0.25) is 5.91 Å². The van der Waals surface area contributed by atoms with Crippen LogP contribution < -0.4 is 21.5 Å². The quantitative estimate of drug-likeness (QED) is 0.227. The molecule has 254 valence electrons. The predicted molar refractivity (Wildman–Crippen MR) is 183 cm³/mol. The lowest BCUT2D eigenvalue weighted by Crippen LogP contribution is -2.48. The monoisotopic (exact) mass is 744 g/mol. The number of nitrogens with zero attached hydrogens (tertiary/aromatic N) is 5. The highest BCUT2D eigenvalue weighted by molar-refractivity contribution is 9.10. The van der Waals surface area contributed by atoms with Crippen LogP contribution in [0, 0.1) is 10.1 Å². The maximum atomic E-state index is 13.9. The minimum Gasteiger partial charge on any atom is -0.387 e. The first-order valence-electron chi connectivity index (χ1n) is 15.1. The molecule has 0 aliphatic carbocycles. The zero-order valence-electron chi connectivity index (χ0n) is 26.5. The van der Waals surface area contributed by atoms with Crippen LogP contribution in [0.3, 0.4) is 0 Å². The number of halogens is 2. The van der Waals surface area contributed by atoms with E-state index in [0.717, 1.165) is 6.07 Å². The predicted octanol–water partition coefficient (Wildman–Crippen LogP) is 3.73. The molecular weight excluding hydrogens is 712 g/mol. The van der Waals surface area contributed by atoms with E-state index < -0.39 is 34.7 Å². The summed E-state index contributed by atoms with van der Waals surface area (Å²) in [4.78, 5) is 72.4. The number of amides is 3. The molecule has 1 aromatic carbocycles. The summed E-state index contributed by atoms with van der Waals surface area (Å²) in [5.41, 5.74) is 0.255. The van der Waals surface area contributed by atoms with E-state index in [-0.39, 0.29) is 63.9 Å². The molecule has 3 N–H and O–H groups in total. The van der Waals surface area contributed by atoms with Crippen LogP contribution in [0.4, 0.5) is 22.7 Å². The molecule has 0 bridgehead atoms. The molecule has 4 atom stereocenters. The van der Waals surface area contributed by atoms with Crippen molar-refractivity contribution in [1.82, 2.24) is 19.4 Å². The number of carbonyl (C=O) groups excluding carboxylic acids is 3. The number of nitro groups is 1. The summed E-state index contributed by atoms with van der Waals surface area (Å²) >= 11 is 9.57. The largest absolute Gasteiger partial charge is 0.387 e. The van der Waals surface area contributed by atoms with Gasteiger partial charge in [0.1, 0.15) is 11.7 Å². The van der Waals surface area contributed by atoms with Crippen LogP contribution in [-0.4, -0.2) is 93.0 Å². The summed E-state index contributed by atoms with van der Waals surface area (Å²) in [6, 6.07) is 3.79. The van der Waals surface area contributed by atoms with Crippen molar-refractivity contribution in [3.8, 4) is 0 Å². The molecule has 4 heterocycles. The number of hydrogen-bond acceptors (Lipinski definition) is 10. The Morgan fingerprint density at radius 1 is 1.08 bits per heavy atom. The number of morpholine rings is 1. The van der Waals surface area contributed by atoms with Gasteiger partial charge in [-0.25, -0.2) is 0 Å². The van der Waals surface area contributed by atoms with Crippen molar-refractivity contribution in [1.29, 1.82) is 0 Å². The van der Waals surface area contributed by atoms with Crippen molar-refractivity contribution in [3.05, 3.63) is 83.9 Å². The van der Waals surface area contributed by atoms with Gasteiger partial charge in [0.15, 0.2) is 0 Å². The second-order valence-electron chi connectivity index (χ2n) is 11.8. The maximum absolute atomic E-state index is 13.9. The van der Waals surface area contributed by atoms with Gasteiger partial charge in [0, 0.05) is 75.0 Å². The summed E-state index contributed by atoms with van der Waals surface area (Å²) in [5.74, 6) is -1.53. The van der Waals surface area contributed by atoms with Crippen LogP contribution in [0.25, 0.3) is 0 Å². The average Bonchev–Trinajstić information content (AvgIpc) is 3.47. The number of ether oxygens (including phenoxy) is 1. The Morgan fingerprint density at radius 2 is 1.79 bits per heavy atom. The molecule has 2 saturated heterocycles. The fourth-order valence-electron chi connectivity index (χ4n) is 5.96. The molecular formula is C31H34BrClN8O7. The standard InChI is InChI=1S/C31H34BrClN8O7/c1-16-12-39(13-17(2)48-16)31(45)22-6-19(32)7-25(41(46)47)28(22)36-21-8-26(29(43)37-24-15-38(4)27(42)9-23(24)33)40(14-21)30(44)18-5-20(34-3)11-35-10-18/h5-7,9-11,15-17,21,26,34,36H,8,12-14H2,1-4H3,(H,37,43)/t16-,17+,21-,26+/m1/s1. The molecule has 3 aromatic rings. The number of benzene rings is 1. The Balaban J connectivity index is 1.51. The molecule has 2 aliphatic rings. The van der Waals surface area contributed by atoms with E-state index in [2.05, 4.69) is 36.9 Å². The zero-order chi connectivity index (χ0) is 34.9. The van der Waals surface area contributed by atoms with Crippen LogP contribution in [0.15, 0.2) is 52.1 Å². The highest BCUT2D eigenvalue weighted by Gasteiger charge is 2.42. The van der Waals surface area contributed by atoms with Gasteiger partial charge in [0.05, 0.1) is 44.7 Å². The molecule has 17 heteroatoms. The number of aromatic nitrogens is 2. The van der Waals surface area contributed by atoms with E-state index in [1.807, 2.05) is 13.8 Å². The SMILES string of the molecule is CNc1cncc(C(=O)N2C[C@H](Nc3c(C(=O)N4C[C@@H](C)O[C@@H](C)C4)cc(Br)cc3[N+](=O)[O-])C[C@H]2C(=O)Nc2cn(C)c(=O)cc2Cl)c1. The molecule has 48 heavy (non-hydrogen) atoms. The minimum atomic E-state index is -1.07. The number of aryl methyl sites for hydroxylation is 1. The van der Waals surface area contributed by atoms with Crippen LogP contribution in [0.2, 0.25) is 5.02 Å². The maximum Gasteiger partial charge on any atom is 0.294 e. The lowest BCUT2D eigenvalue weighted by atomic mass is 10.1. The van der Waals surface area contributed by atoms with Crippen LogP contribution in [0.1, 0.15) is 41.0 Å². The van der Waals surface area contributed by atoms with Crippen LogP contribution >= 0.6 is 27.5 Å². The molecule has 0 unspecified atom stereocenters. The molecule has 3 amide bonds. The zero-order valence-corrected chi connectivity index (χ0v) is 28.9. The fourth-order valence-corrected chi connectivity index (χ4v) is 6.60. The fraction of sp³-hybridized carbons (Fsp3) is 0.387. The number of nitrogens with one attached hydrogen (secondary N) is 3.